The lowest BCUT2D eigenvalue weighted by atomic mass is 9.96. The van der Waals surface area contributed by atoms with Crippen LogP contribution in [0.25, 0.3) is 0 Å². The van der Waals surface area contributed by atoms with Crippen LogP contribution in [0.15, 0.2) is 0 Å². The highest BCUT2D eigenvalue weighted by molar-refractivity contribution is 4.73. The summed E-state index contributed by atoms with van der Waals surface area (Å²) in [5.74, 6) is 0.830. The van der Waals surface area contributed by atoms with Crippen molar-refractivity contribution in [1.29, 1.82) is 0 Å². The zero-order chi connectivity index (χ0) is 6.69. The Labute approximate surface area is 57.4 Å². The molecule has 0 aromatic carbocycles. The van der Waals surface area contributed by atoms with Gasteiger partial charge < -0.3 is 4.74 Å². The van der Waals surface area contributed by atoms with Crippen molar-refractivity contribution in [2.45, 2.75) is 39.2 Å². The molecular weight excluding hydrogens is 112 g/mol. The van der Waals surface area contributed by atoms with E-state index in [1.165, 1.54) is 19.3 Å². The molecule has 2 atom stereocenters. The third kappa shape index (κ3) is 1.68. The van der Waals surface area contributed by atoms with E-state index in [-0.39, 0.29) is 0 Å². The van der Waals surface area contributed by atoms with Crippen LogP contribution in [0.5, 0.6) is 0 Å². The van der Waals surface area contributed by atoms with Crippen LogP contribution in [0.2, 0.25) is 0 Å². The Morgan fingerprint density at radius 3 is 2.67 bits per heavy atom. The highest BCUT2D eigenvalue weighted by Crippen LogP contribution is 2.23. The summed E-state index contributed by atoms with van der Waals surface area (Å²) in [6.45, 7) is 5.49. The van der Waals surface area contributed by atoms with Gasteiger partial charge in [0.2, 0.25) is 0 Å². The third-order valence-corrected chi connectivity index (χ3v) is 2.05. The van der Waals surface area contributed by atoms with Gasteiger partial charge in [0.05, 0.1) is 12.7 Å². The standard InChI is InChI=1S/C8H16O/c1-3-4-5-8-7(2)6-9-8/h7-8H,3-6H2,1-2H3/t7-,8+/m0/s1. The summed E-state index contributed by atoms with van der Waals surface area (Å²) in [4.78, 5) is 0. The Hall–Kier alpha value is -0.0400. The molecule has 1 fully saturated rings. The maximum atomic E-state index is 5.35. The Morgan fingerprint density at radius 1 is 1.56 bits per heavy atom. The van der Waals surface area contributed by atoms with Gasteiger partial charge in [0.15, 0.2) is 0 Å². The molecule has 1 rings (SSSR count). The molecule has 0 aromatic rings. The molecule has 1 heterocycles. The average Bonchev–Trinajstić information content (AvgIpc) is 1.86. The smallest absolute Gasteiger partial charge is 0.0622 e. The second-order valence-electron chi connectivity index (χ2n) is 2.99. The minimum Gasteiger partial charge on any atom is -0.377 e. The van der Waals surface area contributed by atoms with E-state index in [9.17, 15) is 0 Å². The number of hydrogen-bond donors (Lipinski definition) is 0. The van der Waals surface area contributed by atoms with Crippen molar-refractivity contribution in [3.8, 4) is 0 Å². The molecule has 0 aromatic heterocycles. The first-order chi connectivity index (χ1) is 4.34. The van der Waals surface area contributed by atoms with Crippen molar-refractivity contribution < 1.29 is 4.74 Å². The molecule has 1 saturated heterocycles. The molecule has 54 valence electrons. The Morgan fingerprint density at radius 2 is 2.33 bits per heavy atom. The van der Waals surface area contributed by atoms with Crippen LogP contribution < -0.4 is 0 Å². The fraction of sp³-hybridized carbons (Fsp3) is 1.00. The summed E-state index contributed by atoms with van der Waals surface area (Å²) < 4.78 is 5.35. The van der Waals surface area contributed by atoms with Crippen LogP contribution in [0.4, 0.5) is 0 Å². The Kier molecular flexibility index (Phi) is 2.52. The van der Waals surface area contributed by atoms with Gasteiger partial charge in [-0.05, 0) is 6.42 Å². The summed E-state index contributed by atoms with van der Waals surface area (Å²) in [7, 11) is 0. The molecule has 1 aliphatic rings. The zero-order valence-electron chi connectivity index (χ0n) is 6.39. The highest BCUT2D eigenvalue weighted by Gasteiger charge is 2.26. The largest absolute Gasteiger partial charge is 0.377 e. The number of rotatable bonds is 3. The second kappa shape index (κ2) is 3.21. The van der Waals surface area contributed by atoms with Crippen LogP contribution in [-0.4, -0.2) is 12.7 Å². The molecule has 0 unspecified atom stereocenters. The highest BCUT2D eigenvalue weighted by atomic mass is 16.5. The summed E-state index contributed by atoms with van der Waals surface area (Å²) >= 11 is 0. The van der Waals surface area contributed by atoms with Gasteiger partial charge in [0, 0.05) is 5.92 Å². The van der Waals surface area contributed by atoms with Crippen molar-refractivity contribution in [2.75, 3.05) is 6.61 Å². The van der Waals surface area contributed by atoms with Crippen LogP contribution in [0, 0.1) is 5.92 Å². The van der Waals surface area contributed by atoms with E-state index in [2.05, 4.69) is 13.8 Å². The molecule has 0 bridgehead atoms. The maximum absolute atomic E-state index is 5.35. The lowest BCUT2D eigenvalue weighted by Crippen LogP contribution is -2.37. The molecule has 1 heteroatoms. The van der Waals surface area contributed by atoms with Crippen molar-refractivity contribution >= 4 is 0 Å². The summed E-state index contributed by atoms with van der Waals surface area (Å²) in [6.07, 6.45) is 4.50. The lowest BCUT2D eigenvalue weighted by Gasteiger charge is -2.34. The van der Waals surface area contributed by atoms with E-state index in [4.69, 9.17) is 4.74 Å². The van der Waals surface area contributed by atoms with Crippen LogP contribution >= 0.6 is 0 Å². The normalized spacial score (nSPS) is 34.0. The molecule has 0 amide bonds. The van der Waals surface area contributed by atoms with Gasteiger partial charge in [0.25, 0.3) is 0 Å². The van der Waals surface area contributed by atoms with Crippen molar-refractivity contribution in [3.05, 3.63) is 0 Å². The van der Waals surface area contributed by atoms with E-state index in [0.717, 1.165) is 12.5 Å². The molecule has 1 nitrogen and oxygen atoms in total. The number of ether oxygens (including phenoxy) is 1. The summed E-state index contributed by atoms with van der Waals surface area (Å²) in [5, 5.41) is 0. The summed E-state index contributed by atoms with van der Waals surface area (Å²) in [6, 6.07) is 0. The van der Waals surface area contributed by atoms with Crippen molar-refractivity contribution in [2.24, 2.45) is 5.92 Å². The topological polar surface area (TPSA) is 9.23 Å². The van der Waals surface area contributed by atoms with Gasteiger partial charge >= 0.3 is 0 Å². The average molecular weight is 128 g/mol. The summed E-state index contributed by atoms with van der Waals surface area (Å²) in [5.41, 5.74) is 0. The molecule has 9 heavy (non-hydrogen) atoms. The predicted molar refractivity (Wildman–Crippen MR) is 38.4 cm³/mol. The molecule has 0 aliphatic carbocycles. The van der Waals surface area contributed by atoms with Crippen LogP contribution in [0.1, 0.15) is 33.1 Å². The van der Waals surface area contributed by atoms with Gasteiger partial charge in [-0.15, -0.1) is 0 Å². The second-order valence-corrected chi connectivity index (χ2v) is 2.99. The van der Waals surface area contributed by atoms with Crippen LogP contribution in [0.3, 0.4) is 0 Å². The van der Waals surface area contributed by atoms with Crippen molar-refractivity contribution in [3.63, 3.8) is 0 Å². The fourth-order valence-corrected chi connectivity index (χ4v) is 1.20. The Balaban J connectivity index is 1.99. The molecule has 0 spiro atoms. The molecule has 1 aliphatic heterocycles. The quantitative estimate of drug-likeness (QED) is 0.566. The zero-order valence-corrected chi connectivity index (χ0v) is 6.39. The van der Waals surface area contributed by atoms with Gasteiger partial charge in [-0.3, -0.25) is 0 Å². The van der Waals surface area contributed by atoms with E-state index in [1.807, 2.05) is 0 Å². The number of hydrogen-bond acceptors (Lipinski definition) is 1. The molecule has 0 radical (unpaired) electrons. The minimum absolute atomic E-state index is 0.602. The van der Waals surface area contributed by atoms with Crippen molar-refractivity contribution in [1.82, 2.24) is 0 Å². The van der Waals surface area contributed by atoms with Gasteiger partial charge in [-0.25, -0.2) is 0 Å². The van der Waals surface area contributed by atoms with Gasteiger partial charge in [0.1, 0.15) is 0 Å². The van der Waals surface area contributed by atoms with Gasteiger partial charge in [-0.2, -0.15) is 0 Å². The SMILES string of the molecule is CCCC[C@H]1OC[C@@H]1C. The predicted octanol–water partition coefficient (Wildman–Crippen LogP) is 2.21. The maximum Gasteiger partial charge on any atom is 0.0622 e. The minimum atomic E-state index is 0.602. The first-order valence-corrected chi connectivity index (χ1v) is 3.96. The van der Waals surface area contributed by atoms with E-state index >= 15 is 0 Å². The monoisotopic (exact) mass is 128 g/mol. The Bertz CT molecular complexity index is 80.6. The molecule has 0 N–H and O–H groups in total. The van der Waals surface area contributed by atoms with E-state index in [0.29, 0.717) is 6.10 Å². The van der Waals surface area contributed by atoms with Gasteiger partial charge in [-0.1, -0.05) is 26.7 Å². The third-order valence-electron chi connectivity index (χ3n) is 2.05. The first kappa shape index (κ1) is 7.07. The molecular formula is C8H16O. The van der Waals surface area contributed by atoms with Crippen LogP contribution in [-0.2, 0) is 4.74 Å². The number of unbranched alkanes of at least 4 members (excludes halogenated alkanes) is 1. The lowest BCUT2D eigenvalue weighted by molar-refractivity contribution is -0.110. The van der Waals surface area contributed by atoms with E-state index in [1.54, 1.807) is 0 Å². The fourth-order valence-electron chi connectivity index (χ4n) is 1.20. The van der Waals surface area contributed by atoms with E-state index < -0.39 is 0 Å². The molecule has 0 saturated carbocycles. The first-order valence-electron chi connectivity index (χ1n) is 3.96.